The van der Waals surface area contributed by atoms with Gasteiger partial charge in [0.2, 0.25) is 5.67 Å². The molecule has 0 aromatic rings. The molecule has 82 valence electrons. The molecule has 1 fully saturated rings. The van der Waals surface area contributed by atoms with E-state index in [1.54, 1.807) is 6.92 Å². The van der Waals surface area contributed by atoms with Crippen molar-refractivity contribution in [1.82, 2.24) is 5.32 Å². The summed E-state index contributed by atoms with van der Waals surface area (Å²) in [5, 5.41) is 11.7. The lowest BCUT2D eigenvalue weighted by Gasteiger charge is -2.21. The SMILES string of the molecule is CCC(F)(CNC1CCCC1)C(=O)O. The molecule has 2 N–H and O–H groups in total. The molecule has 0 bridgehead atoms. The van der Waals surface area contributed by atoms with E-state index in [1.807, 2.05) is 0 Å². The van der Waals surface area contributed by atoms with Gasteiger partial charge in [-0.15, -0.1) is 0 Å². The summed E-state index contributed by atoms with van der Waals surface area (Å²) in [4.78, 5) is 10.6. The van der Waals surface area contributed by atoms with E-state index in [-0.39, 0.29) is 13.0 Å². The first kappa shape index (κ1) is 11.4. The molecule has 1 atom stereocenters. The average Bonchev–Trinajstić information content (AvgIpc) is 2.66. The van der Waals surface area contributed by atoms with Crippen molar-refractivity contribution in [2.75, 3.05) is 6.54 Å². The van der Waals surface area contributed by atoms with E-state index in [4.69, 9.17) is 5.11 Å². The average molecular weight is 203 g/mol. The van der Waals surface area contributed by atoms with Crippen LogP contribution in [0.1, 0.15) is 39.0 Å². The lowest BCUT2D eigenvalue weighted by atomic mass is 10.0. The Kier molecular flexibility index (Phi) is 3.86. The maximum Gasteiger partial charge on any atom is 0.342 e. The van der Waals surface area contributed by atoms with Gasteiger partial charge < -0.3 is 10.4 Å². The molecule has 1 saturated carbocycles. The number of hydrogen-bond donors (Lipinski definition) is 2. The van der Waals surface area contributed by atoms with Gasteiger partial charge in [0.25, 0.3) is 0 Å². The Bertz CT molecular complexity index is 204. The summed E-state index contributed by atoms with van der Waals surface area (Å²) in [6.45, 7) is 1.49. The molecule has 1 aliphatic rings. The van der Waals surface area contributed by atoms with E-state index in [1.165, 1.54) is 0 Å². The molecular formula is C10H18FNO2. The van der Waals surface area contributed by atoms with Gasteiger partial charge >= 0.3 is 5.97 Å². The summed E-state index contributed by atoms with van der Waals surface area (Å²) in [5.74, 6) is -1.36. The fraction of sp³-hybridized carbons (Fsp3) is 0.900. The summed E-state index contributed by atoms with van der Waals surface area (Å²) in [5.41, 5.74) is -2.09. The molecule has 0 heterocycles. The van der Waals surface area contributed by atoms with Crippen molar-refractivity contribution >= 4 is 5.97 Å². The largest absolute Gasteiger partial charge is 0.479 e. The highest BCUT2D eigenvalue weighted by atomic mass is 19.1. The predicted octanol–water partition coefficient (Wildman–Crippen LogP) is 1.72. The van der Waals surface area contributed by atoms with Crippen molar-refractivity contribution < 1.29 is 14.3 Å². The number of carboxylic acids is 1. The monoisotopic (exact) mass is 203 g/mol. The minimum Gasteiger partial charge on any atom is -0.479 e. The van der Waals surface area contributed by atoms with Crippen LogP contribution in [0.2, 0.25) is 0 Å². The van der Waals surface area contributed by atoms with Gasteiger partial charge in [0.05, 0.1) is 0 Å². The van der Waals surface area contributed by atoms with Crippen LogP contribution in [0, 0.1) is 0 Å². The van der Waals surface area contributed by atoms with Gasteiger partial charge in [0, 0.05) is 12.6 Å². The molecule has 1 aliphatic carbocycles. The second-order valence-corrected chi connectivity index (χ2v) is 3.99. The third-order valence-electron chi connectivity index (χ3n) is 2.97. The quantitative estimate of drug-likeness (QED) is 0.715. The first-order chi connectivity index (χ1) is 6.58. The predicted molar refractivity (Wildman–Crippen MR) is 52.0 cm³/mol. The van der Waals surface area contributed by atoms with Crippen LogP contribution < -0.4 is 5.32 Å². The number of alkyl halides is 1. The molecule has 1 rings (SSSR count). The second-order valence-electron chi connectivity index (χ2n) is 3.99. The third-order valence-corrected chi connectivity index (χ3v) is 2.97. The second kappa shape index (κ2) is 4.73. The molecule has 0 saturated heterocycles. The molecule has 0 radical (unpaired) electrons. The van der Waals surface area contributed by atoms with Crippen LogP contribution in [0.15, 0.2) is 0 Å². The highest BCUT2D eigenvalue weighted by Crippen LogP contribution is 2.20. The van der Waals surface area contributed by atoms with Gasteiger partial charge in [0.15, 0.2) is 0 Å². The van der Waals surface area contributed by atoms with Crippen molar-refractivity contribution in [1.29, 1.82) is 0 Å². The van der Waals surface area contributed by atoms with Crippen LogP contribution in [0.5, 0.6) is 0 Å². The van der Waals surface area contributed by atoms with E-state index in [9.17, 15) is 9.18 Å². The molecule has 1 unspecified atom stereocenters. The zero-order valence-corrected chi connectivity index (χ0v) is 8.55. The number of rotatable bonds is 5. The summed E-state index contributed by atoms with van der Waals surface area (Å²) in [6.07, 6.45) is 4.42. The van der Waals surface area contributed by atoms with Gasteiger partial charge in [-0.25, -0.2) is 9.18 Å². The Labute approximate surface area is 83.7 Å². The van der Waals surface area contributed by atoms with Crippen molar-refractivity contribution in [3.8, 4) is 0 Å². The van der Waals surface area contributed by atoms with E-state index in [2.05, 4.69) is 5.32 Å². The first-order valence-corrected chi connectivity index (χ1v) is 5.24. The molecule has 3 nitrogen and oxygen atoms in total. The number of carboxylic acid groups (broad SMARTS) is 1. The smallest absolute Gasteiger partial charge is 0.342 e. The van der Waals surface area contributed by atoms with E-state index in [0.29, 0.717) is 6.04 Å². The van der Waals surface area contributed by atoms with E-state index in [0.717, 1.165) is 25.7 Å². The molecule has 14 heavy (non-hydrogen) atoms. The molecule has 4 heteroatoms. The Morgan fingerprint density at radius 3 is 2.57 bits per heavy atom. The molecule has 0 amide bonds. The summed E-state index contributed by atoms with van der Waals surface area (Å²) < 4.78 is 13.6. The number of carbonyl (C=O) groups is 1. The fourth-order valence-corrected chi connectivity index (χ4v) is 1.79. The van der Waals surface area contributed by atoms with E-state index < -0.39 is 11.6 Å². The maximum atomic E-state index is 13.6. The summed E-state index contributed by atoms with van der Waals surface area (Å²) in [6, 6.07) is 0.316. The van der Waals surface area contributed by atoms with Crippen molar-refractivity contribution in [3.05, 3.63) is 0 Å². The topological polar surface area (TPSA) is 49.3 Å². The lowest BCUT2D eigenvalue weighted by molar-refractivity contribution is -0.150. The van der Waals surface area contributed by atoms with E-state index >= 15 is 0 Å². The first-order valence-electron chi connectivity index (χ1n) is 5.24. The third kappa shape index (κ3) is 2.67. The molecule has 0 aromatic heterocycles. The van der Waals surface area contributed by atoms with Gasteiger partial charge in [-0.1, -0.05) is 19.8 Å². The number of nitrogens with one attached hydrogen (secondary N) is 1. The molecule has 0 spiro atoms. The lowest BCUT2D eigenvalue weighted by Crippen LogP contribution is -2.45. The number of aliphatic carboxylic acids is 1. The highest BCUT2D eigenvalue weighted by molar-refractivity contribution is 5.77. The Morgan fingerprint density at radius 2 is 2.14 bits per heavy atom. The standard InChI is InChI=1S/C10H18FNO2/c1-2-10(11,9(13)14)7-12-8-5-3-4-6-8/h8,12H,2-7H2,1H3,(H,13,14). The van der Waals surface area contributed by atoms with Crippen molar-refractivity contribution in [3.63, 3.8) is 0 Å². The van der Waals surface area contributed by atoms with Crippen LogP contribution in [-0.2, 0) is 4.79 Å². The van der Waals surface area contributed by atoms with Crippen molar-refractivity contribution in [2.24, 2.45) is 0 Å². The fourth-order valence-electron chi connectivity index (χ4n) is 1.79. The Morgan fingerprint density at radius 1 is 1.57 bits per heavy atom. The van der Waals surface area contributed by atoms with Crippen LogP contribution in [0.3, 0.4) is 0 Å². The minimum absolute atomic E-state index is 0.0159. The van der Waals surface area contributed by atoms with Crippen LogP contribution in [0.4, 0.5) is 4.39 Å². The summed E-state index contributed by atoms with van der Waals surface area (Å²) >= 11 is 0. The van der Waals surface area contributed by atoms with Crippen molar-refractivity contribution in [2.45, 2.75) is 50.7 Å². The number of hydrogen-bond acceptors (Lipinski definition) is 2. The van der Waals surface area contributed by atoms with Gasteiger partial charge in [-0.2, -0.15) is 0 Å². The molecule has 0 aromatic carbocycles. The number of halogens is 1. The highest BCUT2D eigenvalue weighted by Gasteiger charge is 2.37. The van der Waals surface area contributed by atoms with Gasteiger partial charge in [0.1, 0.15) is 0 Å². The minimum atomic E-state index is -2.09. The van der Waals surface area contributed by atoms with Gasteiger partial charge in [-0.3, -0.25) is 0 Å². The Hall–Kier alpha value is -0.640. The zero-order valence-electron chi connectivity index (χ0n) is 8.55. The molecule has 0 aliphatic heterocycles. The molecular weight excluding hydrogens is 185 g/mol. The van der Waals surface area contributed by atoms with Crippen LogP contribution in [-0.4, -0.2) is 29.3 Å². The van der Waals surface area contributed by atoms with Crippen LogP contribution in [0.25, 0.3) is 0 Å². The summed E-state index contributed by atoms with van der Waals surface area (Å²) in [7, 11) is 0. The Balaban J connectivity index is 2.36. The van der Waals surface area contributed by atoms with Crippen LogP contribution >= 0.6 is 0 Å². The zero-order chi connectivity index (χ0) is 10.6. The normalized spacial score (nSPS) is 22.1. The van der Waals surface area contributed by atoms with Gasteiger partial charge in [-0.05, 0) is 19.3 Å². The maximum absolute atomic E-state index is 13.6.